The number of ether oxygens (including phenoxy) is 1. The van der Waals surface area contributed by atoms with Gasteiger partial charge in [-0.15, -0.1) is 12.6 Å². The average Bonchev–Trinajstić information content (AvgIpc) is 2.19. The highest BCUT2D eigenvalue weighted by Gasteiger charge is 2.04. The van der Waals surface area contributed by atoms with E-state index < -0.39 is 0 Å². The van der Waals surface area contributed by atoms with Crippen LogP contribution in [0.15, 0.2) is 35.2 Å². The summed E-state index contributed by atoms with van der Waals surface area (Å²) in [6.07, 6.45) is 1.68. The lowest BCUT2D eigenvalue weighted by Gasteiger charge is -2.00. The van der Waals surface area contributed by atoms with Crippen LogP contribution in [0.4, 0.5) is 0 Å². The molecule has 0 bridgehead atoms. The molecular weight excluding hydrogens is 196 g/mol. The van der Waals surface area contributed by atoms with Crippen LogP contribution in [0.25, 0.3) is 6.08 Å². The van der Waals surface area contributed by atoms with E-state index in [0.717, 1.165) is 5.56 Å². The van der Waals surface area contributed by atoms with Crippen molar-refractivity contribution in [2.24, 2.45) is 0 Å². The van der Waals surface area contributed by atoms with Gasteiger partial charge in [-0.2, -0.15) is 0 Å². The van der Waals surface area contributed by atoms with Crippen molar-refractivity contribution >= 4 is 24.7 Å². The molecule has 0 saturated heterocycles. The molecule has 0 fully saturated rings. The van der Waals surface area contributed by atoms with Gasteiger partial charge in [0.2, 0.25) is 0 Å². The van der Waals surface area contributed by atoms with Crippen molar-refractivity contribution in [2.75, 3.05) is 6.61 Å². The van der Waals surface area contributed by atoms with Crippen LogP contribution in [-0.2, 0) is 9.53 Å². The number of carbonyl (C=O) groups excluding carboxylic acids is 1. The maximum Gasteiger partial charge on any atom is 0.344 e. The van der Waals surface area contributed by atoms with Gasteiger partial charge in [0.05, 0.1) is 11.5 Å². The molecule has 74 valence electrons. The van der Waals surface area contributed by atoms with Crippen molar-refractivity contribution in [3.63, 3.8) is 0 Å². The third-order valence-corrected chi connectivity index (χ3v) is 1.90. The molecule has 14 heavy (non-hydrogen) atoms. The van der Waals surface area contributed by atoms with Gasteiger partial charge in [0.25, 0.3) is 0 Å². The first kappa shape index (κ1) is 10.9. The Balaban J connectivity index is 2.74. The molecule has 1 rings (SSSR count). The number of esters is 1. The lowest BCUT2D eigenvalue weighted by atomic mass is 10.2. The predicted molar refractivity (Wildman–Crippen MR) is 60.0 cm³/mol. The second kappa shape index (κ2) is 5.50. The molecule has 0 unspecified atom stereocenters. The van der Waals surface area contributed by atoms with Gasteiger partial charge in [-0.3, -0.25) is 0 Å². The molecule has 2 nitrogen and oxygen atoms in total. The molecule has 0 heterocycles. The summed E-state index contributed by atoms with van der Waals surface area (Å²) in [5.41, 5.74) is 0.936. The highest BCUT2D eigenvalue weighted by Crippen LogP contribution is 2.10. The van der Waals surface area contributed by atoms with Gasteiger partial charge >= 0.3 is 5.97 Å². The van der Waals surface area contributed by atoms with Crippen LogP contribution in [0.2, 0.25) is 0 Å². The molecule has 0 aliphatic rings. The zero-order valence-electron chi connectivity index (χ0n) is 7.93. The summed E-state index contributed by atoms with van der Waals surface area (Å²) < 4.78 is 4.79. The molecular formula is C11H12O2S. The number of carbonyl (C=O) groups is 1. The van der Waals surface area contributed by atoms with Gasteiger partial charge in [-0.25, -0.2) is 4.79 Å². The van der Waals surface area contributed by atoms with Crippen molar-refractivity contribution in [1.82, 2.24) is 0 Å². The summed E-state index contributed by atoms with van der Waals surface area (Å²) in [5, 5.41) is 0. The third kappa shape index (κ3) is 3.26. The smallest absolute Gasteiger partial charge is 0.344 e. The van der Waals surface area contributed by atoms with Crippen LogP contribution >= 0.6 is 12.6 Å². The molecule has 0 spiro atoms. The molecule has 0 saturated carbocycles. The summed E-state index contributed by atoms with van der Waals surface area (Å²) in [6, 6.07) is 9.51. The van der Waals surface area contributed by atoms with Gasteiger partial charge in [-0.1, -0.05) is 30.3 Å². The molecule has 0 N–H and O–H groups in total. The van der Waals surface area contributed by atoms with E-state index in [-0.39, 0.29) is 5.97 Å². The highest BCUT2D eigenvalue weighted by molar-refractivity contribution is 7.85. The van der Waals surface area contributed by atoms with Gasteiger partial charge < -0.3 is 4.74 Å². The minimum absolute atomic E-state index is 0.318. The fourth-order valence-corrected chi connectivity index (χ4v) is 1.18. The van der Waals surface area contributed by atoms with Crippen molar-refractivity contribution in [3.8, 4) is 0 Å². The summed E-state index contributed by atoms with van der Waals surface area (Å²) in [5.74, 6) is -0.389. The van der Waals surface area contributed by atoms with E-state index in [2.05, 4.69) is 12.6 Å². The maximum absolute atomic E-state index is 11.2. The van der Waals surface area contributed by atoms with Gasteiger partial charge in [0.15, 0.2) is 0 Å². The standard InChI is InChI=1S/C11H12O2S/c1-2-13-11(12)10(14)8-9-6-4-3-5-7-9/h3-8,14H,2H2,1H3. The average molecular weight is 208 g/mol. The van der Waals surface area contributed by atoms with Crippen molar-refractivity contribution < 1.29 is 9.53 Å². The lowest BCUT2D eigenvalue weighted by Crippen LogP contribution is -2.03. The summed E-state index contributed by atoms with van der Waals surface area (Å²) >= 11 is 4.06. The first-order valence-electron chi connectivity index (χ1n) is 4.37. The van der Waals surface area contributed by atoms with Crippen LogP contribution in [0, 0.1) is 0 Å². The van der Waals surface area contributed by atoms with Gasteiger partial charge in [-0.05, 0) is 18.6 Å². The van der Waals surface area contributed by atoms with E-state index in [1.165, 1.54) is 0 Å². The van der Waals surface area contributed by atoms with Crippen molar-refractivity contribution in [3.05, 3.63) is 40.8 Å². The Morgan fingerprint density at radius 1 is 1.43 bits per heavy atom. The Morgan fingerprint density at radius 3 is 2.64 bits per heavy atom. The van der Waals surface area contributed by atoms with Crippen molar-refractivity contribution in [2.45, 2.75) is 6.92 Å². The highest BCUT2D eigenvalue weighted by atomic mass is 32.1. The van der Waals surface area contributed by atoms with E-state index in [0.29, 0.717) is 11.5 Å². The van der Waals surface area contributed by atoms with Crippen LogP contribution in [0.1, 0.15) is 12.5 Å². The van der Waals surface area contributed by atoms with Crippen LogP contribution in [0.3, 0.4) is 0 Å². The van der Waals surface area contributed by atoms with Crippen molar-refractivity contribution in [1.29, 1.82) is 0 Å². The summed E-state index contributed by atoms with van der Waals surface area (Å²) in [6.45, 7) is 2.13. The topological polar surface area (TPSA) is 26.3 Å². The Kier molecular flexibility index (Phi) is 4.26. The first-order chi connectivity index (χ1) is 6.74. The number of benzene rings is 1. The number of thiol groups is 1. The molecule has 0 radical (unpaired) electrons. The number of hydrogen-bond donors (Lipinski definition) is 1. The monoisotopic (exact) mass is 208 g/mol. The van der Waals surface area contributed by atoms with Crippen LogP contribution in [0.5, 0.6) is 0 Å². The van der Waals surface area contributed by atoms with Gasteiger partial charge in [0.1, 0.15) is 0 Å². The molecule has 0 atom stereocenters. The largest absolute Gasteiger partial charge is 0.462 e. The Bertz CT molecular complexity index is 330. The zero-order chi connectivity index (χ0) is 10.4. The SMILES string of the molecule is CCOC(=O)C(S)=Cc1ccccc1. The van der Waals surface area contributed by atoms with Gasteiger partial charge in [0, 0.05) is 0 Å². The molecule has 0 amide bonds. The van der Waals surface area contributed by atoms with Crippen LogP contribution < -0.4 is 0 Å². The Hall–Kier alpha value is -1.22. The minimum atomic E-state index is -0.389. The zero-order valence-corrected chi connectivity index (χ0v) is 8.83. The Morgan fingerprint density at radius 2 is 2.07 bits per heavy atom. The second-order valence-corrected chi connectivity index (χ2v) is 3.14. The predicted octanol–water partition coefficient (Wildman–Crippen LogP) is 2.52. The second-order valence-electron chi connectivity index (χ2n) is 2.66. The molecule has 1 aromatic rings. The molecule has 3 heteroatoms. The van der Waals surface area contributed by atoms with E-state index in [4.69, 9.17) is 4.74 Å². The minimum Gasteiger partial charge on any atom is -0.462 e. The maximum atomic E-state index is 11.2. The summed E-state index contributed by atoms with van der Waals surface area (Å²) in [4.78, 5) is 11.5. The number of hydrogen-bond acceptors (Lipinski definition) is 3. The quantitative estimate of drug-likeness (QED) is 0.469. The first-order valence-corrected chi connectivity index (χ1v) is 4.81. The fourth-order valence-electron chi connectivity index (χ4n) is 0.971. The van der Waals surface area contributed by atoms with Crippen LogP contribution in [-0.4, -0.2) is 12.6 Å². The normalized spacial score (nSPS) is 11.1. The molecule has 0 aliphatic carbocycles. The lowest BCUT2D eigenvalue weighted by molar-refractivity contribution is -0.137. The Labute approximate surface area is 89.0 Å². The molecule has 0 aromatic heterocycles. The molecule has 1 aromatic carbocycles. The third-order valence-electron chi connectivity index (χ3n) is 1.59. The van der Waals surface area contributed by atoms with E-state index in [1.54, 1.807) is 13.0 Å². The molecule has 0 aliphatic heterocycles. The van der Waals surface area contributed by atoms with E-state index in [1.807, 2.05) is 30.3 Å². The van der Waals surface area contributed by atoms with E-state index >= 15 is 0 Å². The number of rotatable bonds is 3. The van der Waals surface area contributed by atoms with E-state index in [9.17, 15) is 4.79 Å². The summed E-state index contributed by atoms with van der Waals surface area (Å²) in [7, 11) is 0. The fraction of sp³-hybridized carbons (Fsp3) is 0.182.